The monoisotopic (exact) mass is 342 g/mol. The number of likely N-dealkylation sites (N-methyl/N-ethyl adjacent to an activating group) is 1. The van der Waals surface area contributed by atoms with Gasteiger partial charge in [0.25, 0.3) is 0 Å². The van der Waals surface area contributed by atoms with Crippen LogP contribution in [0.2, 0.25) is 0 Å². The van der Waals surface area contributed by atoms with Gasteiger partial charge in [0.1, 0.15) is 0 Å². The lowest BCUT2D eigenvalue weighted by Crippen LogP contribution is -2.39. The van der Waals surface area contributed by atoms with Crippen LogP contribution in [0, 0.1) is 0 Å². The van der Waals surface area contributed by atoms with E-state index >= 15 is 0 Å². The van der Waals surface area contributed by atoms with Crippen LogP contribution in [0.1, 0.15) is 45.0 Å². The molecule has 1 aliphatic carbocycles. The van der Waals surface area contributed by atoms with Crippen molar-refractivity contribution < 1.29 is 0 Å². The summed E-state index contributed by atoms with van der Waals surface area (Å²) in [7, 11) is 2.24. The van der Waals surface area contributed by atoms with E-state index in [1.165, 1.54) is 23.0 Å². The van der Waals surface area contributed by atoms with Crippen molar-refractivity contribution in [2.45, 2.75) is 65.2 Å². The van der Waals surface area contributed by atoms with Crippen LogP contribution in [0.4, 0.5) is 0 Å². The van der Waals surface area contributed by atoms with Crippen LogP contribution in [-0.4, -0.2) is 40.4 Å². The van der Waals surface area contributed by atoms with Gasteiger partial charge in [-0.2, -0.15) is 5.10 Å². The Bertz CT molecular complexity index is 439. The molecule has 1 saturated carbocycles. The van der Waals surface area contributed by atoms with Crippen molar-refractivity contribution in [1.82, 2.24) is 20.0 Å². The lowest BCUT2D eigenvalue weighted by molar-refractivity contribution is 0.240. The predicted octanol–water partition coefficient (Wildman–Crippen LogP) is 2.80. The van der Waals surface area contributed by atoms with Gasteiger partial charge in [-0.05, 0) is 56.1 Å². The van der Waals surface area contributed by atoms with Crippen LogP contribution >= 0.6 is 15.9 Å². The highest BCUT2D eigenvalue weighted by Crippen LogP contribution is 2.27. The summed E-state index contributed by atoms with van der Waals surface area (Å²) in [6.07, 6.45) is 3.71. The summed E-state index contributed by atoms with van der Waals surface area (Å²) in [6, 6.07) is 1.41. The summed E-state index contributed by atoms with van der Waals surface area (Å²) in [5.74, 6) is 0. The summed E-state index contributed by atoms with van der Waals surface area (Å²) in [6.45, 7) is 9.42. The van der Waals surface area contributed by atoms with E-state index in [2.05, 4.69) is 63.7 Å². The Balaban J connectivity index is 1.88. The van der Waals surface area contributed by atoms with E-state index in [9.17, 15) is 0 Å². The van der Waals surface area contributed by atoms with Gasteiger partial charge in [-0.1, -0.05) is 6.92 Å². The fourth-order valence-electron chi connectivity index (χ4n) is 2.57. The van der Waals surface area contributed by atoms with Gasteiger partial charge in [0.2, 0.25) is 0 Å². The number of aromatic nitrogens is 2. The minimum Gasteiger partial charge on any atom is -0.310 e. The van der Waals surface area contributed by atoms with Crippen molar-refractivity contribution in [3.05, 3.63) is 15.9 Å². The van der Waals surface area contributed by atoms with Gasteiger partial charge in [-0.3, -0.25) is 9.58 Å². The second kappa shape index (κ2) is 7.05. The molecule has 0 spiro atoms. The minimum atomic E-state index is 0.588. The molecule has 1 aromatic heterocycles. The van der Waals surface area contributed by atoms with Crippen LogP contribution in [0.15, 0.2) is 4.47 Å². The van der Waals surface area contributed by atoms with Crippen LogP contribution in [0.5, 0.6) is 0 Å². The van der Waals surface area contributed by atoms with E-state index in [4.69, 9.17) is 0 Å². The first-order chi connectivity index (χ1) is 9.58. The number of halogens is 1. The molecule has 1 unspecified atom stereocenters. The van der Waals surface area contributed by atoms with Crippen LogP contribution in [0.3, 0.4) is 0 Å². The van der Waals surface area contributed by atoms with Crippen molar-refractivity contribution in [2.75, 3.05) is 13.6 Å². The summed E-state index contributed by atoms with van der Waals surface area (Å²) < 4.78 is 3.28. The maximum absolute atomic E-state index is 4.64. The maximum atomic E-state index is 4.64. The lowest BCUT2D eigenvalue weighted by atomic mass is 10.2. The number of hydrogen-bond acceptors (Lipinski definition) is 3. The first-order valence-electron chi connectivity index (χ1n) is 7.75. The zero-order chi connectivity index (χ0) is 14.7. The molecule has 0 aromatic carbocycles. The number of rotatable bonds is 8. The molecule has 2 rings (SSSR count). The van der Waals surface area contributed by atoms with E-state index in [0.717, 1.165) is 37.8 Å². The van der Waals surface area contributed by atoms with E-state index < -0.39 is 0 Å². The second-order valence-corrected chi connectivity index (χ2v) is 6.55. The highest BCUT2D eigenvalue weighted by atomic mass is 79.9. The number of aryl methyl sites for hydroxylation is 2. The molecule has 1 aliphatic rings. The van der Waals surface area contributed by atoms with E-state index in [1.54, 1.807) is 0 Å². The second-order valence-electron chi connectivity index (χ2n) is 5.75. The normalized spacial score (nSPS) is 16.9. The third-order valence-corrected chi connectivity index (χ3v) is 5.16. The fourth-order valence-corrected chi connectivity index (χ4v) is 3.28. The maximum Gasteiger partial charge on any atom is 0.0767 e. The van der Waals surface area contributed by atoms with Gasteiger partial charge in [-0.15, -0.1) is 0 Å². The molecule has 1 fully saturated rings. The smallest absolute Gasteiger partial charge is 0.0767 e. The molecule has 0 aliphatic heterocycles. The summed E-state index contributed by atoms with van der Waals surface area (Å²) in [5.41, 5.74) is 2.43. The Morgan fingerprint density at radius 2 is 2.15 bits per heavy atom. The molecule has 0 bridgehead atoms. The highest BCUT2D eigenvalue weighted by Gasteiger charge is 2.28. The average Bonchev–Trinajstić information content (AvgIpc) is 3.24. The molecule has 1 heterocycles. The largest absolute Gasteiger partial charge is 0.310 e. The van der Waals surface area contributed by atoms with E-state index in [0.29, 0.717) is 6.04 Å². The topological polar surface area (TPSA) is 33.1 Å². The Hall–Kier alpha value is -0.390. The van der Waals surface area contributed by atoms with Crippen molar-refractivity contribution in [3.8, 4) is 0 Å². The average molecular weight is 343 g/mol. The first kappa shape index (κ1) is 16.0. The molecule has 114 valence electrons. The summed E-state index contributed by atoms with van der Waals surface area (Å²) in [4.78, 5) is 2.50. The predicted molar refractivity (Wildman–Crippen MR) is 86.9 cm³/mol. The Morgan fingerprint density at radius 3 is 2.70 bits per heavy atom. The molecule has 1 aromatic rings. The van der Waals surface area contributed by atoms with Gasteiger partial charge >= 0.3 is 0 Å². The summed E-state index contributed by atoms with van der Waals surface area (Å²) in [5, 5.41) is 8.22. The number of nitrogens with one attached hydrogen (secondary N) is 1. The lowest BCUT2D eigenvalue weighted by Gasteiger charge is -2.24. The highest BCUT2D eigenvalue weighted by molar-refractivity contribution is 9.10. The van der Waals surface area contributed by atoms with Crippen molar-refractivity contribution in [1.29, 1.82) is 0 Å². The zero-order valence-electron chi connectivity index (χ0n) is 13.1. The SMILES string of the molecule is CCc1nn(CC)c(CNCC(C)N(C)C2CC2)c1Br. The van der Waals surface area contributed by atoms with Crippen molar-refractivity contribution in [2.24, 2.45) is 0 Å². The minimum absolute atomic E-state index is 0.588. The molecular weight excluding hydrogens is 316 g/mol. The molecule has 1 atom stereocenters. The fraction of sp³-hybridized carbons (Fsp3) is 0.800. The third kappa shape index (κ3) is 3.62. The van der Waals surface area contributed by atoms with Crippen LogP contribution in [-0.2, 0) is 19.5 Å². The van der Waals surface area contributed by atoms with E-state index in [1.807, 2.05) is 0 Å². The number of nitrogens with zero attached hydrogens (tertiary/aromatic N) is 3. The molecule has 20 heavy (non-hydrogen) atoms. The first-order valence-corrected chi connectivity index (χ1v) is 8.54. The van der Waals surface area contributed by atoms with Crippen molar-refractivity contribution >= 4 is 15.9 Å². The van der Waals surface area contributed by atoms with Crippen molar-refractivity contribution in [3.63, 3.8) is 0 Å². The molecule has 0 radical (unpaired) electrons. The Labute approximate surface area is 131 Å². The zero-order valence-corrected chi connectivity index (χ0v) is 14.7. The quantitative estimate of drug-likeness (QED) is 0.788. The molecule has 0 saturated heterocycles. The van der Waals surface area contributed by atoms with E-state index in [-0.39, 0.29) is 0 Å². The third-order valence-electron chi connectivity index (χ3n) is 4.24. The Kier molecular flexibility index (Phi) is 5.64. The van der Waals surface area contributed by atoms with Gasteiger partial charge < -0.3 is 5.32 Å². The van der Waals surface area contributed by atoms with Gasteiger partial charge in [0.05, 0.1) is 15.9 Å². The van der Waals surface area contributed by atoms with Crippen LogP contribution in [0.25, 0.3) is 0 Å². The van der Waals surface area contributed by atoms with Crippen LogP contribution < -0.4 is 5.32 Å². The van der Waals surface area contributed by atoms with Gasteiger partial charge in [-0.25, -0.2) is 0 Å². The molecule has 4 nitrogen and oxygen atoms in total. The number of hydrogen-bond donors (Lipinski definition) is 1. The molecule has 1 N–H and O–H groups in total. The molecule has 0 amide bonds. The Morgan fingerprint density at radius 1 is 1.45 bits per heavy atom. The van der Waals surface area contributed by atoms with Gasteiger partial charge in [0, 0.05) is 31.7 Å². The molecule has 5 heteroatoms. The molecular formula is C15H27BrN4. The van der Waals surface area contributed by atoms with Gasteiger partial charge in [0.15, 0.2) is 0 Å². The standard InChI is InChI=1S/C15H27BrN4/c1-5-13-15(16)14(20(6-2)18-13)10-17-9-11(3)19(4)12-7-8-12/h11-12,17H,5-10H2,1-4H3. The summed E-state index contributed by atoms with van der Waals surface area (Å²) >= 11 is 3.70.